The largest absolute Gasteiger partial charge is 0.507 e. The van der Waals surface area contributed by atoms with Crippen molar-refractivity contribution in [2.45, 2.75) is 62.3 Å². The number of phenols is 2. The number of carbonyl (C=O) groups is 4. The van der Waals surface area contributed by atoms with Gasteiger partial charge in [0.05, 0.1) is 37.6 Å². The van der Waals surface area contributed by atoms with Gasteiger partial charge in [0.15, 0.2) is 23.1 Å². The minimum atomic E-state index is -2.27. The highest BCUT2D eigenvalue weighted by Crippen LogP contribution is 2.54. The number of ketones is 4. The third-order valence-corrected chi connectivity index (χ3v) is 9.62. The lowest BCUT2D eigenvalue weighted by molar-refractivity contribution is -0.126. The zero-order valence-electron chi connectivity index (χ0n) is 24.9. The number of phenolic OH excluding ortho intramolecular Hbond substituents is 2. The molecule has 2 aromatic carbocycles. The Bertz CT molecular complexity index is 1740. The van der Waals surface area contributed by atoms with Crippen LogP contribution in [-0.4, -0.2) is 114 Å². The Kier molecular flexibility index (Phi) is 6.88. The Morgan fingerprint density at radius 2 is 0.913 bits per heavy atom. The summed E-state index contributed by atoms with van der Waals surface area (Å²) < 4.78 is 10.9. The second kappa shape index (κ2) is 10.0. The summed E-state index contributed by atoms with van der Waals surface area (Å²) in [5.74, 6) is -6.27. The molecular weight excluding hydrogens is 608 g/mol. The Morgan fingerprint density at radius 1 is 0.587 bits per heavy atom. The van der Waals surface area contributed by atoms with Gasteiger partial charge in [-0.05, 0) is 13.8 Å². The van der Waals surface area contributed by atoms with Crippen LogP contribution in [0.3, 0.4) is 0 Å². The highest BCUT2D eigenvalue weighted by molar-refractivity contribution is 6.34. The van der Waals surface area contributed by atoms with Gasteiger partial charge in [-0.2, -0.15) is 0 Å². The molecule has 4 aliphatic rings. The Morgan fingerprint density at radius 3 is 1.22 bits per heavy atom. The van der Waals surface area contributed by atoms with Crippen LogP contribution < -0.4 is 9.47 Å². The van der Waals surface area contributed by atoms with Crippen molar-refractivity contribution in [2.24, 2.45) is 0 Å². The van der Waals surface area contributed by atoms with Crippen LogP contribution in [0, 0.1) is 0 Å². The van der Waals surface area contributed by atoms with Crippen LogP contribution in [0.4, 0.5) is 0 Å². The first-order chi connectivity index (χ1) is 21.4. The maximum atomic E-state index is 14.3. The van der Waals surface area contributed by atoms with Crippen LogP contribution in [0.2, 0.25) is 0 Å². The fourth-order valence-electron chi connectivity index (χ4n) is 6.84. The van der Waals surface area contributed by atoms with Crippen molar-refractivity contribution in [1.29, 1.82) is 0 Å². The summed E-state index contributed by atoms with van der Waals surface area (Å²) in [6.07, 6.45) is -8.56. The number of aliphatic hydroxyl groups is 6. The van der Waals surface area contributed by atoms with Crippen molar-refractivity contribution in [2.75, 3.05) is 14.2 Å². The fraction of sp³-hybridized carbons (Fsp3) is 0.375. The monoisotopic (exact) mass is 638 g/mol. The molecule has 0 unspecified atom stereocenters. The summed E-state index contributed by atoms with van der Waals surface area (Å²) in [7, 11) is 2.27. The van der Waals surface area contributed by atoms with E-state index in [1.54, 1.807) is 0 Å². The molecule has 6 atom stereocenters. The molecule has 0 radical (unpaired) electrons. The van der Waals surface area contributed by atoms with Gasteiger partial charge in [-0.3, -0.25) is 19.2 Å². The van der Waals surface area contributed by atoms with Gasteiger partial charge in [0.25, 0.3) is 0 Å². The summed E-state index contributed by atoms with van der Waals surface area (Å²) >= 11 is 0. The first-order valence-electron chi connectivity index (χ1n) is 14.1. The molecule has 0 aliphatic heterocycles. The number of hydrogen-bond acceptors (Lipinski definition) is 14. The third kappa shape index (κ3) is 3.85. The van der Waals surface area contributed by atoms with E-state index in [9.17, 15) is 60.0 Å². The van der Waals surface area contributed by atoms with Crippen molar-refractivity contribution < 1.29 is 69.5 Å². The molecule has 0 saturated heterocycles. The van der Waals surface area contributed by atoms with E-state index in [-0.39, 0.29) is 33.8 Å². The average molecular weight is 639 g/mol. The van der Waals surface area contributed by atoms with E-state index in [1.165, 1.54) is 0 Å². The molecule has 0 aromatic heterocycles. The summed E-state index contributed by atoms with van der Waals surface area (Å²) in [5, 5.41) is 86.6. The molecule has 0 fully saturated rings. The molecule has 0 saturated carbocycles. The van der Waals surface area contributed by atoms with Gasteiger partial charge in [0.2, 0.25) is 0 Å². The van der Waals surface area contributed by atoms with Gasteiger partial charge in [0, 0.05) is 69.5 Å². The van der Waals surface area contributed by atoms with E-state index in [1.807, 2.05) is 0 Å². The number of carbonyl (C=O) groups excluding carboxylic acids is 4. The van der Waals surface area contributed by atoms with Gasteiger partial charge in [-0.25, -0.2) is 0 Å². The molecule has 0 bridgehead atoms. The average Bonchev–Trinajstić information content (AvgIpc) is 2.99. The number of ether oxygens (including phenoxy) is 2. The third-order valence-electron chi connectivity index (χ3n) is 9.62. The van der Waals surface area contributed by atoms with E-state index in [4.69, 9.17) is 9.47 Å². The van der Waals surface area contributed by atoms with Gasteiger partial charge in [0.1, 0.15) is 46.4 Å². The zero-order valence-corrected chi connectivity index (χ0v) is 24.9. The molecule has 6 rings (SSSR count). The number of methoxy groups -OCH3 is 2. The van der Waals surface area contributed by atoms with Crippen molar-refractivity contribution in [3.05, 3.63) is 56.7 Å². The van der Waals surface area contributed by atoms with E-state index in [0.717, 1.165) is 40.2 Å². The predicted molar refractivity (Wildman–Crippen MR) is 154 cm³/mol. The lowest BCUT2D eigenvalue weighted by Gasteiger charge is -2.42. The Balaban J connectivity index is 1.72. The van der Waals surface area contributed by atoms with Gasteiger partial charge < -0.3 is 50.3 Å². The van der Waals surface area contributed by atoms with Crippen LogP contribution in [0.1, 0.15) is 68.1 Å². The standard InChI is InChI=1S/C32H30O14/c1-31(43)15(35)5-9-17(29(31)41)27(39)23-19(25(9)37)11(33)7-13(45-3)21(23)22-14(46-4)8-12(34)20-24(22)28(40)18-10(26(20)38)6-16(36)32(2,44)30(18)42/h7-8,15-16,29-30,33-36,41-44H,5-6H2,1-4H3/t15-,16-,29-,30-,31-,32-/m1/s1. The number of hydrogen-bond donors (Lipinski definition) is 8. The van der Waals surface area contributed by atoms with E-state index in [2.05, 4.69) is 0 Å². The van der Waals surface area contributed by atoms with Gasteiger partial charge in [-0.15, -0.1) is 0 Å². The molecule has 8 N–H and O–H groups in total. The lowest BCUT2D eigenvalue weighted by Crippen LogP contribution is -2.56. The summed E-state index contributed by atoms with van der Waals surface area (Å²) in [5.41, 5.74) is -9.58. The van der Waals surface area contributed by atoms with E-state index >= 15 is 0 Å². The quantitative estimate of drug-likeness (QED) is 0.219. The van der Waals surface area contributed by atoms with Crippen molar-refractivity contribution in [3.63, 3.8) is 0 Å². The first-order valence-corrected chi connectivity index (χ1v) is 14.1. The number of aromatic hydroxyl groups is 2. The molecule has 4 aliphatic carbocycles. The van der Waals surface area contributed by atoms with Crippen LogP contribution >= 0.6 is 0 Å². The highest BCUT2D eigenvalue weighted by atomic mass is 16.5. The second-order valence-electron chi connectivity index (χ2n) is 12.2. The molecule has 0 amide bonds. The normalized spacial score (nSPS) is 30.6. The first kappa shape index (κ1) is 31.5. The molecule has 14 heteroatoms. The molecule has 2 aromatic rings. The molecule has 242 valence electrons. The SMILES string of the molecule is COc1cc(O)c2c(c1-c1c(OC)cc(O)c3c1C(=O)C1=C(C[C@@H](O)[C@@](C)(O)[C@@H]1O)C3=O)C(=O)C1=C(C[C@@H](O)[C@@](C)(O)[C@@H]1O)C2=O. The summed E-state index contributed by atoms with van der Waals surface area (Å²) in [6, 6.07) is 1.93. The lowest BCUT2D eigenvalue weighted by atomic mass is 9.66. The van der Waals surface area contributed by atoms with Crippen molar-refractivity contribution in [3.8, 4) is 34.1 Å². The van der Waals surface area contributed by atoms with Crippen molar-refractivity contribution in [1.82, 2.24) is 0 Å². The van der Waals surface area contributed by atoms with Crippen LogP contribution in [-0.2, 0) is 0 Å². The predicted octanol–water partition coefficient (Wildman–Crippen LogP) is -0.114. The molecular formula is C32H30O14. The highest BCUT2D eigenvalue weighted by Gasteiger charge is 2.54. The molecule has 0 spiro atoms. The number of fused-ring (bicyclic) bond motifs is 2. The van der Waals surface area contributed by atoms with E-state index in [0.29, 0.717) is 0 Å². The van der Waals surface area contributed by atoms with Crippen LogP contribution in [0.5, 0.6) is 23.0 Å². The Labute approximate surface area is 260 Å². The Hall–Kier alpha value is -4.44. The topological polar surface area (TPSA) is 249 Å². The minimum Gasteiger partial charge on any atom is -0.507 e. The van der Waals surface area contributed by atoms with Gasteiger partial charge in [-0.1, -0.05) is 0 Å². The van der Waals surface area contributed by atoms with Crippen LogP contribution in [0.25, 0.3) is 11.1 Å². The number of aliphatic hydroxyl groups excluding tert-OH is 4. The molecule has 14 nitrogen and oxygen atoms in total. The van der Waals surface area contributed by atoms with Crippen LogP contribution in [0.15, 0.2) is 34.4 Å². The number of Topliss-reactive ketones (excluding diaryl/α,β-unsaturated/α-hetero) is 4. The number of benzene rings is 2. The van der Waals surface area contributed by atoms with Gasteiger partial charge >= 0.3 is 0 Å². The minimum absolute atomic E-state index is 0.323. The molecule has 46 heavy (non-hydrogen) atoms. The maximum Gasteiger partial charge on any atom is 0.194 e. The summed E-state index contributed by atoms with van der Waals surface area (Å²) in [6.45, 7) is 2.14. The van der Waals surface area contributed by atoms with E-state index < -0.39 is 116 Å². The fourth-order valence-corrected chi connectivity index (χ4v) is 6.84. The summed E-state index contributed by atoms with van der Waals surface area (Å²) in [4.78, 5) is 56.3. The second-order valence-corrected chi connectivity index (χ2v) is 12.2. The number of rotatable bonds is 3. The maximum absolute atomic E-state index is 14.3. The van der Waals surface area contributed by atoms with Crippen molar-refractivity contribution >= 4 is 23.1 Å². The smallest absolute Gasteiger partial charge is 0.194 e. The zero-order chi connectivity index (χ0) is 33.9. The molecule has 0 heterocycles.